The average molecular weight is 312 g/mol. The minimum absolute atomic E-state index is 0.448. The molecular formula is C15H12N4O2S. The van der Waals surface area contributed by atoms with Gasteiger partial charge in [-0.25, -0.2) is 0 Å². The molecule has 0 aliphatic rings. The third kappa shape index (κ3) is 3.30. The van der Waals surface area contributed by atoms with E-state index >= 15 is 0 Å². The Kier molecular flexibility index (Phi) is 4.41. The number of para-hydroxylation sites is 1. The first-order valence-electron chi connectivity index (χ1n) is 6.59. The lowest BCUT2D eigenvalue weighted by atomic mass is 10.2. The highest BCUT2D eigenvalue weighted by Crippen LogP contribution is 2.22. The van der Waals surface area contributed by atoms with Crippen LogP contribution in [0, 0.1) is 11.3 Å². The van der Waals surface area contributed by atoms with Crippen LogP contribution in [-0.2, 0) is 0 Å². The number of benzene rings is 1. The van der Waals surface area contributed by atoms with Crippen molar-refractivity contribution < 1.29 is 9.15 Å². The van der Waals surface area contributed by atoms with E-state index in [2.05, 4.69) is 21.3 Å². The number of nitrogens with zero attached hydrogens (tertiary/aromatic N) is 3. The van der Waals surface area contributed by atoms with E-state index in [0.29, 0.717) is 34.8 Å². The molecule has 2 aromatic heterocycles. The third-order valence-corrected chi connectivity index (χ3v) is 3.59. The van der Waals surface area contributed by atoms with E-state index in [4.69, 9.17) is 14.4 Å². The number of nitriles is 1. The molecule has 0 bridgehead atoms. The highest BCUT2D eigenvalue weighted by atomic mass is 32.2. The quantitative estimate of drug-likeness (QED) is 0.556. The van der Waals surface area contributed by atoms with E-state index in [1.807, 2.05) is 18.2 Å². The fourth-order valence-electron chi connectivity index (χ4n) is 1.81. The first-order valence-corrected chi connectivity index (χ1v) is 7.57. The van der Waals surface area contributed by atoms with Crippen LogP contribution in [0.2, 0.25) is 0 Å². The highest BCUT2D eigenvalue weighted by Gasteiger charge is 2.09. The molecule has 110 valence electrons. The van der Waals surface area contributed by atoms with E-state index in [1.54, 1.807) is 24.4 Å². The largest absolute Gasteiger partial charge is 0.491 e. The number of aromatic amines is 1. The second-order valence-electron chi connectivity index (χ2n) is 4.26. The third-order valence-electron chi connectivity index (χ3n) is 2.81. The van der Waals surface area contributed by atoms with Crippen molar-refractivity contribution in [3.05, 3.63) is 48.2 Å². The molecule has 0 aliphatic heterocycles. The average Bonchev–Trinajstić information content (AvgIpc) is 3.23. The SMILES string of the molecule is N#Cc1ccccc1OCCSc1nnc(-c2ccc[nH]2)o1. The van der Waals surface area contributed by atoms with E-state index in [1.165, 1.54) is 11.8 Å². The van der Waals surface area contributed by atoms with Crippen molar-refractivity contribution in [1.29, 1.82) is 5.26 Å². The van der Waals surface area contributed by atoms with E-state index in [9.17, 15) is 0 Å². The van der Waals surface area contributed by atoms with Gasteiger partial charge in [0.2, 0.25) is 0 Å². The lowest BCUT2D eigenvalue weighted by Gasteiger charge is -2.05. The van der Waals surface area contributed by atoms with Gasteiger partial charge in [0.15, 0.2) is 0 Å². The minimum Gasteiger partial charge on any atom is -0.491 e. The molecule has 0 amide bonds. The maximum absolute atomic E-state index is 8.97. The van der Waals surface area contributed by atoms with Crippen LogP contribution in [0.3, 0.4) is 0 Å². The summed E-state index contributed by atoms with van der Waals surface area (Å²) in [6.45, 7) is 0.448. The molecule has 0 fully saturated rings. The Morgan fingerprint density at radius 3 is 2.95 bits per heavy atom. The zero-order chi connectivity index (χ0) is 15.2. The molecule has 7 heteroatoms. The van der Waals surface area contributed by atoms with Crippen molar-refractivity contribution in [2.45, 2.75) is 5.22 Å². The van der Waals surface area contributed by atoms with Crippen molar-refractivity contribution in [1.82, 2.24) is 15.2 Å². The zero-order valence-corrected chi connectivity index (χ0v) is 12.3. The number of hydrogen-bond acceptors (Lipinski definition) is 6. The van der Waals surface area contributed by atoms with Gasteiger partial charge < -0.3 is 14.1 Å². The Hall–Kier alpha value is -2.72. The number of H-pyrrole nitrogens is 1. The van der Waals surface area contributed by atoms with Crippen molar-refractivity contribution in [2.75, 3.05) is 12.4 Å². The minimum atomic E-state index is 0.448. The maximum atomic E-state index is 8.97. The molecule has 0 unspecified atom stereocenters. The molecule has 22 heavy (non-hydrogen) atoms. The Labute approximate surface area is 131 Å². The molecule has 3 rings (SSSR count). The summed E-state index contributed by atoms with van der Waals surface area (Å²) < 4.78 is 11.1. The van der Waals surface area contributed by atoms with Gasteiger partial charge in [-0.15, -0.1) is 10.2 Å². The number of aromatic nitrogens is 3. The highest BCUT2D eigenvalue weighted by molar-refractivity contribution is 7.99. The van der Waals surface area contributed by atoms with Crippen molar-refractivity contribution in [2.24, 2.45) is 0 Å². The molecule has 0 aliphatic carbocycles. The van der Waals surface area contributed by atoms with Crippen LogP contribution in [0.15, 0.2) is 52.2 Å². The molecule has 6 nitrogen and oxygen atoms in total. The summed E-state index contributed by atoms with van der Waals surface area (Å²) in [5, 5.41) is 17.4. The van der Waals surface area contributed by atoms with Crippen LogP contribution in [0.5, 0.6) is 5.75 Å². The summed E-state index contributed by atoms with van der Waals surface area (Å²) in [4.78, 5) is 3.01. The van der Waals surface area contributed by atoms with Gasteiger partial charge in [0.05, 0.1) is 12.2 Å². The normalized spacial score (nSPS) is 10.3. The molecule has 0 atom stereocenters. The molecule has 0 spiro atoms. The topological polar surface area (TPSA) is 87.7 Å². The van der Waals surface area contributed by atoms with Crippen molar-refractivity contribution >= 4 is 11.8 Å². The fourth-order valence-corrected chi connectivity index (χ4v) is 2.38. The lowest BCUT2D eigenvalue weighted by Crippen LogP contribution is -2.01. The summed E-state index contributed by atoms with van der Waals surface area (Å²) in [5.41, 5.74) is 1.32. The van der Waals surface area contributed by atoms with Crippen LogP contribution in [-0.4, -0.2) is 27.5 Å². The van der Waals surface area contributed by atoms with Crippen LogP contribution < -0.4 is 4.74 Å². The molecule has 2 heterocycles. The van der Waals surface area contributed by atoms with Gasteiger partial charge in [-0.2, -0.15) is 5.26 Å². The van der Waals surface area contributed by atoms with E-state index in [0.717, 1.165) is 5.69 Å². The molecule has 1 aromatic carbocycles. The summed E-state index contributed by atoms with van der Waals surface area (Å²) in [6.07, 6.45) is 1.80. The van der Waals surface area contributed by atoms with Crippen LogP contribution >= 0.6 is 11.8 Å². The van der Waals surface area contributed by atoms with Gasteiger partial charge in [0, 0.05) is 11.9 Å². The van der Waals surface area contributed by atoms with E-state index in [-0.39, 0.29) is 0 Å². The van der Waals surface area contributed by atoms with Gasteiger partial charge in [0.1, 0.15) is 17.5 Å². The Bertz CT molecular complexity index is 777. The van der Waals surface area contributed by atoms with Gasteiger partial charge in [-0.05, 0) is 24.3 Å². The summed E-state index contributed by atoms with van der Waals surface area (Å²) in [6, 6.07) is 13.0. The van der Waals surface area contributed by atoms with Crippen molar-refractivity contribution in [3.8, 4) is 23.4 Å². The van der Waals surface area contributed by atoms with Gasteiger partial charge in [-0.1, -0.05) is 23.9 Å². The molecule has 3 aromatic rings. The maximum Gasteiger partial charge on any atom is 0.277 e. The first-order chi connectivity index (χ1) is 10.9. The zero-order valence-electron chi connectivity index (χ0n) is 11.5. The molecule has 0 saturated heterocycles. The first kappa shape index (κ1) is 14.2. The van der Waals surface area contributed by atoms with Crippen LogP contribution in [0.1, 0.15) is 5.56 Å². The summed E-state index contributed by atoms with van der Waals surface area (Å²) in [5.74, 6) is 1.69. The molecular weight excluding hydrogens is 300 g/mol. The van der Waals surface area contributed by atoms with Crippen LogP contribution in [0.25, 0.3) is 11.6 Å². The van der Waals surface area contributed by atoms with Gasteiger partial charge in [-0.3, -0.25) is 0 Å². The molecule has 0 saturated carbocycles. The smallest absolute Gasteiger partial charge is 0.277 e. The molecule has 0 radical (unpaired) electrons. The second-order valence-corrected chi connectivity index (χ2v) is 5.31. The summed E-state index contributed by atoms with van der Waals surface area (Å²) >= 11 is 1.41. The Morgan fingerprint density at radius 1 is 1.23 bits per heavy atom. The number of nitrogens with one attached hydrogen (secondary N) is 1. The van der Waals surface area contributed by atoms with Gasteiger partial charge >= 0.3 is 0 Å². The Morgan fingerprint density at radius 2 is 2.14 bits per heavy atom. The fraction of sp³-hybridized carbons (Fsp3) is 0.133. The number of hydrogen-bond donors (Lipinski definition) is 1. The predicted octanol–water partition coefficient (Wildman–Crippen LogP) is 3.11. The number of rotatable bonds is 6. The van der Waals surface area contributed by atoms with E-state index < -0.39 is 0 Å². The van der Waals surface area contributed by atoms with Gasteiger partial charge in [0.25, 0.3) is 11.1 Å². The number of thioether (sulfide) groups is 1. The standard InChI is InChI=1S/C15H12N4O2S/c16-10-11-4-1-2-6-13(11)20-8-9-22-15-19-18-14(21-15)12-5-3-7-17-12/h1-7,17H,8-9H2. The molecule has 1 N–H and O–H groups in total. The second kappa shape index (κ2) is 6.83. The van der Waals surface area contributed by atoms with Crippen molar-refractivity contribution in [3.63, 3.8) is 0 Å². The number of ether oxygens (including phenoxy) is 1. The Balaban J connectivity index is 1.51. The predicted molar refractivity (Wildman–Crippen MR) is 81.5 cm³/mol. The summed E-state index contributed by atoms with van der Waals surface area (Å²) in [7, 11) is 0. The van der Waals surface area contributed by atoms with Crippen LogP contribution in [0.4, 0.5) is 0 Å². The monoisotopic (exact) mass is 312 g/mol. The lowest BCUT2D eigenvalue weighted by molar-refractivity contribution is 0.342.